The van der Waals surface area contributed by atoms with E-state index in [-0.39, 0.29) is 12.6 Å². The molecule has 0 aliphatic carbocycles. The van der Waals surface area contributed by atoms with Gasteiger partial charge in [-0.15, -0.1) is 11.3 Å². The minimum absolute atomic E-state index is 0.00915. The van der Waals surface area contributed by atoms with Gasteiger partial charge in [0.15, 0.2) is 4.96 Å². The van der Waals surface area contributed by atoms with Crippen molar-refractivity contribution in [2.45, 2.75) is 33.2 Å². The average molecular weight is 267 g/mol. The van der Waals surface area contributed by atoms with Gasteiger partial charge in [-0.3, -0.25) is 9.20 Å². The maximum atomic E-state index is 10.5. The highest BCUT2D eigenvalue weighted by Gasteiger charge is 2.15. The molecule has 5 nitrogen and oxygen atoms in total. The molecule has 0 fully saturated rings. The molecule has 18 heavy (non-hydrogen) atoms. The number of nitrogens with zero attached hydrogens (tertiary/aromatic N) is 2. The highest BCUT2D eigenvalue weighted by Crippen LogP contribution is 2.21. The summed E-state index contributed by atoms with van der Waals surface area (Å²) in [6.45, 7) is 6.04. The number of fused-ring (bicyclic) bond motifs is 1. The molecule has 2 aromatic rings. The Hall–Kier alpha value is -1.40. The van der Waals surface area contributed by atoms with Crippen molar-refractivity contribution < 1.29 is 9.90 Å². The number of nitrogens with one attached hydrogen (secondary N) is 1. The van der Waals surface area contributed by atoms with E-state index in [1.165, 1.54) is 5.69 Å². The van der Waals surface area contributed by atoms with Gasteiger partial charge >= 0.3 is 5.97 Å². The third-order valence-electron chi connectivity index (χ3n) is 2.93. The fourth-order valence-electron chi connectivity index (χ4n) is 2.03. The summed E-state index contributed by atoms with van der Waals surface area (Å²) in [4.78, 5) is 16.0. The van der Waals surface area contributed by atoms with Crippen LogP contribution in [0.3, 0.4) is 0 Å². The largest absolute Gasteiger partial charge is 0.480 e. The third kappa shape index (κ3) is 2.54. The van der Waals surface area contributed by atoms with E-state index in [1.807, 2.05) is 13.8 Å². The normalized spacial score (nSPS) is 13.1. The number of hydrogen-bond acceptors (Lipinski definition) is 4. The molecule has 2 aromatic heterocycles. The molecule has 0 bridgehead atoms. The molecular formula is C12H17N3O2S. The minimum Gasteiger partial charge on any atom is -0.480 e. The zero-order valence-corrected chi connectivity index (χ0v) is 11.5. The van der Waals surface area contributed by atoms with Crippen LogP contribution in [0.25, 0.3) is 4.96 Å². The highest BCUT2D eigenvalue weighted by atomic mass is 32.1. The lowest BCUT2D eigenvalue weighted by atomic mass is 10.1. The number of imidazole rings is 1. The highest BCUT2D eigenvalue weighted by molar-refractivity contribution is 7.15. The van der Waals surface area contributed by atoms with Gasteiger partial charge < -0.3 is 10.4 Å². The minimum atomic E-state index is -0.830. The van der Waals surface area contributed by atoms with Crippen LogP contribution in [-0.4, -0.2) is 33.0 Å². The van der Waals surface area contributed by atoms with Crippen molar-refractivity contribution in [3.05, 3.63) is 22.5 Å². The van der Waals surface area contributed by atoms with E-state index in [4.69, 9.17) is 5.11 Å². The molecule has 0 amide bonds. The lowest BCUT2D eigenvalue weighted by molar-refractivity contribution is -0.136. The number of aryl methyl sites for hydroxylation is 2. The van der Waals surface area contributed by atoms with Crippen molar-refractivity contribution in [2.75, 3.05) is 6.54 Å². The van der Waals surface area contributed by atoms with Crippen LogP contribution in [0.5, 0.6) is 0 Å². The van der Waals surface area contributed by atoms with Crippen LogP contribution in [0, 0.1) is 13.8 Å². The maximum absolute atomic E-state index is 10.5. The Morgan fingerprint density at radius 1 is 1.61 bits per heavy atom. The second-order valence-corrected chi connectivity index (χ2v) is 5.36. The Morgan fingerprint density at radius 2 is 2.33 bits per heavy atom. The number of aliphatic carboxylic acids is 1. The molecule has 0 radical (unpaired) electrons. The third-order valence-corrected chi connectivity index (χ3v) is 3.87. The van der Waals surface area contributed by atoms with E-state index in [9.17, 15) is 4.79 Å². The summed E-state index contributed by atoms with van der Waals surface area (Å²) < 4.78 is 2.15. The summed E-state index contributed by atoms with van der Waals surface area (Å²) >= 11 is 1.63. The maximum Gasteiger partial charge on any atom is 0.317 e. The smallest absolute Gasteiger partial charge is 0.317 e. The molecule has 2 N–H and O–H groups in total. The Labute approximate surface area is 109 Å². The fraction of sp³-hybridized carbons (Fsp3) is 0.500. The van der Waals surface area contributed by atoms with Gasteiger partial charge in [-0.05, 0) is 20.8 Å². The molecule has 2 rings (SSSR count). The Morgan fingerprint density at radius 3 is 3.00 bits per heavy atom. The van der Waals surface area contributed by atoms with Crippen molar-refractivity contribution in [1.29, 1.82) is 0 Å². The second kappa shape index (κ2) is 5.07. The van der Waals surface area contributed by atoms with Crippen molar-refractivity contribution >= 4 is 22.3 Å². The number of carboxylic acids is 1. The van der Waals surface area contributed by atoms with Crippen molar-refractivity contribution in [2.24, 2.45) is 0 Å². The van der Waals surface area contributed by atoms with Crippen LogP contribution >= 0.6 is 11.3 Å². The molecule has 98 valence electrons. The molecule has 0 spiro atoms. The van der Waals surface area contributed by atoms with E-state index in [1.54, 1.807) is 11.3 Å². The van der Waals surface area contributed by atoms with Crippen LogP contribution in [0.15, 0.2) is 5.38 Å². The van der Waals surface area contributed by atoms with E-state index < -0.39 is 5.97 Å². The summed E-state index contributed by atoms with van der Waals surface area (Å²) in [5.74, 6) is -0.830. The first-order valence-corrected chi connectivity index (χ1v) is 6.74. The lowest BCUT2D eigenvalue weighted by Crippen LogP contribution is -2.33. The molecule has 1 unspecified atom stereocenters. The topological polar surface area (TPSA) is 66.6 Å². The van der Waals surface area contributed by atoms with Gasteiger partial charge in [-0.1, -0.05) is 0 Å². The van der Waals surface area contributed by atoms with Crippen LogP contribution in [-0.2, 0) is 11.2 Å². The summed E-state index contributed by atoms with van der Waals surface area (Å²) in [7, 11) is 0. The molecule has 2 heterocycles. The predicted molar refractivity (Wildman–Crippen MR) is 71.3 cm³/mol. The zero-order valence-electron chi connectivity index (χ0n) is 10.7. The number of hydrogen-bond donors (Lipinski definition) is 2. The second-order valence-electron chi connectivity index (χ2n) is 4.52. The fourth-order valence-corrected chi connectivity index (χ4v) is 2.96. The molecule has 0 aliphatic heterocycles. The van der Waals surface area contributed by atoms with E-state index in [2.05, 4.69) is 27.0 Å². The molecule has 0 aliphatic rings. The van der Waals surface area contributed by atoms with E-state index in [0.29, 0.717) is 0 Å². The van der Waals surface area contributed by atoms with Crippen LogP contribution in [0.4, 0.5) is 0 Å². The Balaban J connectivity index is 2.17. The van der Waals surface area contributed by atoms with Gasteiger partial charge in [0.2, 0.25) is 0 Å². The Kier molecular flexibility index (Phi) is 3.68. The predicted octanol–water partition coefficient (Wildman–Crippen LogP) is 1.62. The summed E-state index contributed by atoms with van der Waals surface area (Å²) in [5.41, 5.74) is 3.36. The Bertz CT molecular complexity index is 573. The van der Waals surface area contributed by atoms with Crippen molar-refractivity contribution in [1.82, 2.24) is 14.7 Å². The van der Waals surface area contributed by atoms with Crippen molar-refractivity contribution in [3.8, 4) is 0 Å². The first kappa shape index (κ1) is 13.0. The molecular weight excluding hydrogens is 250 g/mol. The van der Waals surface area contributed by atoms with Crippen LogP contribution < -0.4 is 5.32 Å². The summed E-state index contributed by atoms with van der Waals surface area (Å²) in [6, 6.07) is 0.110. The SMILES string of the molecule is Cc1nc2scc(C)n2c1CC(C)NCC(=O)O. The molecule has 0 saturated carbocycles. The van der Waals surface area contributed by atoms with Gasteiger partial charge in [0, 0.05) is 29.2 Å². The summed E-state index contributed by atoms with van der Waals surface area (Å²) in [5, 5.41) is 13.7. The first-order valence-electron chi connectivity index (χ1n) is 5.86. The quantitative estimate of drug-likeness (QED) is 0.864. The number of carboxylic acid groups (broad SMARTS) is 1. The standard InChI is InChI=1S/C12H17N3O2S/c1-7(13-5-11(16)17)4-10-9(3)14-12-15(10)8(2)6-18-12/h6-7,13H,4-5H2,1-3H3,(H,16,17). The molecule has 0 aromatic carbocycles. The lowest BCUT2D eigenvalue weighted by Gasteiger charge is -2.12. The van der Waals surface area contributed by atoms with Crippen LogP contribution in [0.2, 0.25) is 0 Å². The van der Waals surface area contributed by atoms with Gasteiger partial charge in [0.25, 0.3) is 0 Å². The number of thiazole rings is 1. The monoisotopic (exact) mass is 267 g/mol. The van der Waals surface area contributed by atoms with Crippen molar-refractivity contribution in [3.63, 3.8) is 0 Å². The first-order chi connectivity index (χ1) is 8.49. The van der Waals surface area contributed by atoms with Gasteiger partial charge in [0.05, 0.1) is 12.2 Å². The average Bonchev–Trinajstić information content (AvgIpc) is 2.78. The van der Waals surface area contributed by atoms with Gasteiger partial charge in [-0.2, -0.15) is 0 Å². The number of carbonyl (C=O) groups is 1. The molecule has 6 heteroatoms. The molecule has 1 atom stereocenters. The zero-order chi connectivity index (χ0) is 13.3. The van der Waals surface area contributed by atoms with Gasteiger partial charge in [-0.25, -0.2) is 4.98 Å². The number of aromatic nitrogens is 2. The molecule has 0 saturated heterocycles. The van der Waals surface area contributed by atoms with E-state index in [0.717, 1.165) is 22.8 Å². The summed E-state index contributed by atoms with van der Waals surface area (Å²) in [6.07, 6.45) is 0.776. The van der Waals surface area contributed by atoms with Gasteiger partial charge in [0.1, 0.15) is 0 Å². The van der Waals surface area contributed by atoms with Crippen LogP contribution in [0.1, 0.15) is 24.0 Å². The van der Waals surface area contributed by atoms with E-state index >= 15 is 0 Å². The number of rotatable bonds is 5.